The third-order valence-electron chi connectivity index (χ3n) is 5.73. The molecule has 2 nitrogen and oxygen atoms in total. The van der Waals surface area contributed by atoms with E-state index in [1.54, 1.807) is 0 Å². The molecular weight excluding hydrogens is 456 g/mol. The minimum Gasteiger partial charge on any atom is -0.378 e. The van der Waals surface area contributed by atoms with E-state index in [0.717, 1.165) is 10.2 Å². The number of aryl methyl sites for hydroxylation is 1. The van der Waals surface area contributed by atoms with Gasteiger partial charge in [0.1, 0.15) is 7.05 Å². The lowest BCUT2D eigenvalue weighted by Gasteiger charge is -2.11. The Morgan fingerprint density at radius 3 is 1.97 bits per heavy atom. The van der Waals surface area contributed by atoms with Crippen LogP contribution in [-0.4, -0.2) is 14.1 Å². The van der Waals surface area contributed by atoms with Crippen LogP contribution in [0.4, 0.5) is 5.69 Å². The zero-order chi connectivity index (χ0) is 22.7. The normalized spacial score (nSPS) is 11.2. The quantitative estimate of drug-likeness (QED) is 0.273. The van der Waals surface area contributed by atoms with Crippen molar-refractivity contribution in [2.45, 2.75) is 6.92 Å². The van der Waals surface area contributed by atoms with Gasteiger partial charge in [-0.3, -0.25) is 0 Å². The summed E-state index contributed by atoms with van der Waals surface area (Å²) in [4.78, 5) is 2.11. The Kier molecular flexibility index (Phi) is 6.57. The Morgan fingerprint density at radius 2 is 1.34 bits per heavy atom. The highest BCUT2D eigenvalue weighted by Gasteiger charge is 2.16. The summed E-state index contributed by atoms with van der Waals surface area (Å²) in [5, 5.41) is 0. The number of hydrogen-bond donors (Lipinski definition) is 0. The summed E-state index contributed by atoms with van der Waals surface area (Å²) in [6.45, 7) is 2.12. The molecule has 0 aliphatic heterocycles. The smallest absolute Gasteiger partial charge is 0.213 e. The van der Waals surface area contributed by atoms with Crippen LogP contribution in [0.3, 0.4) is 0 Å². The van der Waals surface area contributed by atoms with Crippen LogP contribution < -0.4 is 9.47 Å². The zero-order valence-electron chi connectivity index (χ0n) is 19.0. The summed E-state index contributed by atoms with van der Waals surface area (Å²) in [5.41, 5.74) is 9.60. The number of nitrogens with zero attached hydrogens (tertiary/aromatic N) is 2. The summed E-state index contributed by atoms with van der Waals surface area (Å²) >= 11 is 3.55. The Bertz CT molecular complexity index is 1240. The van der Waals surface area contributed by atoms with Crippen LogP contribution in [0.2, 0.25) is 0 Å². The van der Waals surface area contributed by atoms with E-state index in [1.807, 2.05) is 0 Å². The molecule has 0 bridgehead atoms. The highest BCUT2D eigenvalue weighted by molar-refractivity contribution is 9.10. The number of aromatic nitrogens is 1. The van der Waals surface area contributed by atoms with E-state index in [4.69, 9.17) is 0 Å². The highest BCUT2D eigenvalue weighted by Crippen LogP contribution is 2.27. The van der Waals surface area contributed by atoms with Gasteiger partial charge < -0.3 is 4.90 Å². The average Bonchev–Trinajstić information content (AvgIpc) is 2.80. The van der Waals surface area contributed by atoms with E-state index in [1.165, 1.54) is 39.2 Å². The van der Waals surface area contributed by atoms with E-state index in [0.29, 0.717) is 0 Å². The van der Waals surface area contributed by atoms with Gasteiger partial charge in [0.2, 0.25) is 11.4 Å². The number of benzene rings is 3. The first-order valence-electron chi connectivity index (χ1n) is 10.7. The first-order valence-corrected chi connectivity index (χ1v) is 11.5. The lowest BCUT2D eigenvalue weighted by atomic mass is 10.0. The SMILES string of the molecule is Cc1ccc(-c2cc(-c3ccc(Br)cc3)cc(C=Cc3ccc(N(C)C)cc3)[n+]2C)cc1. The lowest BCUT2D eigenvalue weighted by Crippen LogP contribution is -2.34. The van der Waals surface area contributed by atoms with E-state index in [-0.39, 0.29) is 0 Å². The van der Waals surface area contributed by atoms with Gasteiger partial charge >= 0.3 is 0 Å². The molecule has 3 heteroatoms. The molecule has 0 saturated carbocycles. The van der Waals surface area contributed by atoms with Crippen molar-refractivity contribution in [3.8, 4) is 22.4 Å². The number of rotatable bonds is 5. The van der Waals surface area contributed by atoms with Gasteiger partial charge in [-0.15, -0.1) is 0 Å². The first kappa shape index (κ1) is 22.0. The summed E-state index contributed by atoms with van der Waals surface area (Å²) < 4.78 is 3.35. The summed E-state index contributed by atoms with van der Waals surface area (Å²) in [6, 6.07) is 30.4. The standard InChI is InChI=1S/C29H28BrN2/c1-21-5-10-24(11-6-21)29-20-25(23-12-14-26(30)15-13-23)19-28(32(29)4)18-9-22-7-16-27(17-8-22)31(2)3/h5-20H,1-4H3/q+1. The molecule has 0 saturated heterocycles. The molecule has 0 unspecified atom stereocenters. The van der Waals surface area contributed by atoms with Crippen LogP contribution in [-0.2, 0) is 7.05 Å². The van der Waals surface area contributed by atoms with Crippen LogP contribution in [0.25, 0.3) is 34.5 Å². The first-order chi connectivity index (χ1) is 15.4. The second-order valence-corrected chi connectivity index (χ2v) is 9.22. The van der Waals surface area contributed by atoms with E-state index in [2.05, 4.69) is 151 Å². The lowest BCUT2D eigenvalue weighted by molar-refractivity contribution is -0.662. The van der Waals surface area contributed by atoms with Crippen LogP contribution in [0, 0.1) is 6.92 Å². The highest BCUT2D eigenvalue weighted by atomic mass is 79.9. The molecule has 0 radical (unpaired) electrons. The minimum atomic E-state index is 1.09. The van der Waals surface area contributed by atoms with Crippen LogP contribution >= 0.6 is 15.9 Å². The summed E-state index contributed by atoms with van der Waals surface area (Å²) in [7, 11) is 6.26. The van der Waals surface area contributed by atoms with Crippen molar-refractivity contribution in [3.05, 3.63) is 106 Å². The van der Waals surface area contributed by atoms with Gasteiger partial charge in [0.05, 0.1) is 0 Å². The molecule has 0 spiro atoms. The van der Waals surface area contributed by atoms with Crippen LogP contribution in [0.5, 0.6) is 0 Å². The van der Waals surface area contributed by atoms with Crippen molar-refractivity contribution < 1.29 is 4.57 Å². The molecule has 1 aromatic heterocycles. The van der Waals surface area contributed by atoms with Crippen molar-refractivity contribution in [1.29, 1.82) is 0 Å². The molecule has 0 aliphatic carbocycles. The third-order valence-corrected chi connectivity index (χ3v) is 6.25. The van der Waals surface area contributed by atoms with Crippen molar-refractivity contribution >= 4 is 33.8 Å². The molecule has 0 atom stereocenters. The van der Waals surface area contributed by atoms with E-state index < -0.39 is 0 Å². The molecule has 3 aromatic carbocycles. The number of pyridine rings is 1. The monoisotopic (exact) mass is 483 g/mol. The molecule has 1 heterocycles. The Balaban J connectivity index is 1.79. The molecule has 0 aliphatic rings. The topological polar surface area (TPSA) is 7.12 Å². The molecular formula is C29H28BrN2+. The Morgan fingerprint density at radius 1 is 0.719 bits per heavy atom. The molecule has 0 amide bonds. The predicted octanol–water partition coefficient (Wildman–Crippen LogP) is 7.15. The maximum atomic E-state index is 3.55. The molecule has 4 rings (SSSR count). The fourth-order valence-electron chi connectivity index (χ4n) is 3.72. The summed E-state index contributed by atoms with van der Waals surface area (Å²) in [6.07, 6.45) is 4.38. The minimum absolute atomic E-state index is 1.09. The van der Waals surface area contributed by atoms with E-state index >= 15 is 0 Å². The predicted molar refractivity (Wildman–Crippen MR) is 141 cm³/mol. The third kappa shape index (κ3) is 5.00. The molecule has 160 valence electrons. The fraction of sp³-hybridized carbons (Fsp3) is 0.138. The maximum Gasteiger partial charge on any atom is 0.213 e. The number of anilines is 1. The second kappa shape index (κ2) is 9.54. The fourth-order valence-corrected chi connectivity index (χ4v) is 3.98. The number of hydrogen-bond acceptors (Lipinski definition) is 1. The molecule has 0 N–H and O–H groups in total. The van der Waals surface area contributed by atoms with E-state index in [9.17, 15) is 0 Å². The maximum absolute atomic E-state index is 3.55. The largest absolute Gasteiger partial charge is 0.378 e. The molecule has 4 aromatic rings. The van der Waals surface area contributed by atoms with Crippen molar-refractivity contribution in [3.63, 3.8) is 0 Å². The van der Waals surface area contributed by atoms with Gasteiger partial charge in [0, 0.05) is 48.0 Å². The van der Waals surface area contributed by atoms with Gasteiger partial charge in [-0.05, 0) is 66.1 Å². The van der Waals surface area contributed by atoms with Gasteiger partial charge in [0.25, 0.3) is 0 Å². The Hall–Kier alpha value is -3.17. The molecule has 32 heavy (non-hydrogen) atoms. The van der Waals surface area contributed by atoms with Gasteiger partial charge in [-0.1, -0.05) is 57.9 Å². The Labute approximate surface area is 199 Å². The van der Waals surface area contributed by atoms with Crippen molar-refractivity contribution in [2.24, 2.45) is 7.05 Å². The zero-order valence-corrected chi connectivity index (χ0v) is 20.6. The molecule has 0 fully saturated rings. The van der Waals surface area contributed by atoms with Crippen LogP contribution in [0.1, 0.15) is 16.8 Å². The number of halogens is 1. The average molecular weight is 484 g/mol. The van der Waals surface area contributed by atoms with Crippen LogP contribution in [0.15, 0.2) is 89.4 Å². The van der Waals surface area contributed by atoms with Gasteiger partial charge in [0.15, 0.2) is 0 Å². The van der Waals surface area contributed by atoms with Gasteiger partial charge in [-0.25, -0.2) is 0 Å². The summed E-state index contributed by atoms with van der Waals surface area (Å²) in [5.74, 6) is 0. The van der Waals surface area contributed by atoms with Crippen molar-refractivity contribution in [2.75, 3.05) is 19.0 Å². The second-order valence-electron chi connectivity index (χ2n) is 8.31. The van der Waals surface area contributed by atoms with Crippen molar-refractivity contribution in [1.82, 2.24) is 0 Å². The van der Waals surface area contributed by atoms with Gasteiger partial charge in [-0.2, -0.15) is 4.57 Å².